The molecule has 4 nitrogen and oxygen atoms in total. The highest BCUT2D eigenvalue weighted by Crippen LogP contribution is 2.06. The van der Waals surface area contributed by atoms with Gasteiger partial charge in [-0.15, -0.1) is 0 Å². The Hall–Kier alpha value is -2.62. The third kappa shape index (κ3) is 3.28. The van der Waals surface area contributed by atoms with E-state index in [-0.39, 0.29) is 5.91 Å². The molecule has 1 aromatic carbocycles. The summed E-state index contributed by atoms with van der Waals surface area (Å²) >= 11 is 0. The molecule has 106 valence electrons. The Morgan fingerprint density at radius 2 is 2.00 bits per heavy atom. The molecule has 4 heteroatoms. The fourth-order valence-electron chi connectivity index (χ4n) is 2.22. The monoisotopic (exact) mass is 279 g/mol. The van der Waals surface area contributed by atoms with Gasteiger partial charge in [0.1, 0.15) is 5.65 Å². The Kier molecular flexibility index (Phi) is 3.69. The number of rotatable bonds is 4. The number of benzene rings is 1. The first kappa shape index (κ1) is 13.4. The molecule has 0 atom stereocenters. The molecule has 21 heavy (non-hydrogen) atoms. The fraction of sp³-hybridized carbons (Fsp3) is 0.176. The van der Waals surface area contributed by atoms with Crippen LogP contribution in [0.2, 0.25) is 0 Å². The average Bonchev–Trinajstić information content (AvgIpc) is 2.90. The van der Waals surface area contributed by atoms with Crippen LogP contribution in [0, 0.1) is 6.92 Å². The van der Waals surface area contributed by atoms with Gasteiger partial charge in [-0.25, -0.2) is 4.98 Å². The number of hydrogen-bond donors (Lipinski definition) is 1. The van der Waals surface area contributed by atoms with Crippen LogP contribution in [0.15, 0.2) is 54.9 Å². The van der Waals surface area contributed by atoms with Crippen molar-refractivity contribution in [1.29, 1.82) is 0 Å². The fourth-order valence-corrected chi connectivity index (χ4v) is 2.22. The van der Waals surface area contributed by atoms with Gasteiger partial charge in [-0.2, -0.15) is 0 Å². The van der Waals surface area contributed by atoms with Gasteiger partial charge in [0.15, 0.2) is 0 Å². The molecular formula is C17H17N3O. The molecule has 0 spiro atoms. The summed E-state index contributed by atoms with van der Waals surface area (Å²) in [6.45, 7) is 2.49. The molecule has 2 aromatic heterocycles. The lowest BCUT2D eigenvalue weighted by molar-refractivity contribution is -0.120. The largest absolute Gasteiger partial charge is 0.350 e. The summed E-state index contributed by atoms with van der Waals surface area (Å²) in [4.78, 5) is 16.4. The summed E-state index contributed by atoms with van der Waals surface area (Å²) < 4.78 is 1.95. The van der Waals surface area contributed by atoms with Crippen molar-refractivity contribution in [1.82, 2.24) is 14.7 Å². The molecule has 0 saturated carbocycles. The molecular weight excluding hydrogens is 262 g/mol. The molecule has 0 unspecified atom stereocenters. The highest BCUT2D eigenvalue weighted by atomic mass is 16.1. The van der Waals surface area contributed by atoms with Gasteiger partial charge in [-0.1, -0.05) is 35.9 Å². The number of fused-ring (bicyclic) bond motifs is 1. The van der Waals surface area contributed by atoms with Gasteiger partial charge >= 0.3 is 0 Å². The maximum Gasteiger partial charge on any atom is 0.224 e. The minimum atomic E-state index is 0.0101. The average molecular weight is 279 g/mol. The van der Waals surface area contributed by atoms with Crippen molar-refractivity contribution in [3.05, 3.63) is 71.7 Å². The number of nitrogens with one attached hydrogen (secondary N) is 1. The number of pyridine rings is 1. The summed E-state index contributed by atoms with van der Waals surface area (Å²) in [5, 5.41) is 2.91. The van der Waals surface area contributed by atoms with E-state index < -0.39 is 0 Å². The van der Waals surface area contributed by atoms with Crippen LogP contribution in [-0.4, -0.2) is 15.3 Å². The second-order valence-electron chi connectivity index (χ2n) is 5.14. The van der Waals surface area contributed by atoms with Crippen molar-refractivity contribution in [2.75, 3.05) is 0 Å². The van der Waals surface area contributed by atoms with Crippen molar-refractivity contribution < 1.29 is 4.79 Å². The second kappa shape index (κ2) is 5.79. The Bertz CT molecular complexity index is 726. The van der Waals surface area contributed by atoms with Crippen molar-refractivity contribution in [3.63, 3.8) is 0 Å². The minimum absolute atomic E-state index is 0.0101. The molecule has 0 aliphatic heterocycles. The smallest absolute Gasteiger partial charge is 0.224 e. The highest BCUT2D eigenvalue weighted by molar-refractivity contribution is 5.78. The van der Waals surface area contributed by atoms with Crippen molar-refractivity contribution in [2.24, 2.45) is 0 Å². The van der Waals surface area contributed by atoms with Crippen LogP contribution in [0.1, 0.15) is 16.8 Å². The number of amides is 1. The Labute approximate surface area is 123 Å². The number of carbonyl (C=O) groups excluding carboxylic acids is 1. The molecule has 1 amide bonds. The second-order valence-corrected chi connectivity index (χ2v) is 5.14. The number of aromatic nitrogens is 2. The highest BCUT2D eigenvalue weighted by Gasteiger charge is 2.05. The number of nitrogens with zero attached hydrogens (tertiary/aromatic N) is 2. The lowest BCUT2D eigenvalue weighted by atomic mass is 10.1. The van der Waals surface area contributed by atoms with Crippen LogP contribution in [-0.2, 0) is 17.8 Å². The van der Waals surface area contributed by atoms with Crippen LogP contribution >= 0.6 is 0 Å². The maximum atomic E-state index is 11.9. The summed E-state index contributed by atoms with van der Waals surface area (Å²) in [5.41, 5.74) is 3.97. The van der Waals surface area contributed by atoms with Gasteiger partial charge in [-0.3, -0.25) is 4.79 Å². The Balaban J connectivity index is 1.59. The van der Waals surface area contributed by atoms with Crippen LogP contribution in [0.3, 0.4) is 0 Å². The molecule has 0 aliphatic rings. The molecule has 0 saturated heterocycles. The topological polar surface area (TPSA) is 46.4 Å². The molecule has 3 rings (SSSR count). The van der Waals surface area contributed by atoms with Crippen LogP contribution in [0.4, 0.5) is 0 Å². The Morgan fingerprint density at radius 1 is 1.19 bits per heavy atom. The molecule has 0 aliphatic carbocycles. The summed E-state index contributed by atoms with van der Waals surface area (Å²) in [7, 11) is 0. The van der Waals surface area contributed by atoms with E-state index in [4.69, 9.17) is 0 Å². The number of aryl methyl sites for hydroxylation is 1. The van der Waals surface area contributed by atoms with Gasteiger partial charge in [0.05, 0.1) is 18.7 Å². The van der Waals surface area contributed by atoms with E-state index in [1.54, 1.807) is 0 Å². The molecule has 1 N–H and O–H groups in total. The van der Waals surface area contributed by atoms with E-state index in [2.05, 4.69) is 10.3 Å². The molecule has 0 radical (unpaired) electrons. The zero-order chi connectivity index (χ0) is 14.7. The summed E-state index contributed by atoms with van der Waals surface area (Å²) in [6, 6.07) is 13.9. The molecule has 2 heterocycles. The van der Waals surface area contributed by atoms with E-state index in [0.29, 0.717) is 13.0 Å². The van der Waals surface area contributed by atoms with E-state index in [0.717, 1.165) is 16.9 Å². The number of carbonyl (C=O) groups is 1. The van der Waals surface area contributed by atoms with Gasteiger partial charge < -0.3 is 9.72 Å². The summed E-state index contributed by atoms with van der Waals surface area (Å²) in [5.74, 6) is 0.0101. The standard InChI is InChI=1S/C17H17N3O/c1-13-5-7-14(8-6-13)10-17(21)18-11-15-12-20-9-3-2-4-16(20)19-15/h2-9,12H,10-11H2,1H3,(H,18,21). The van der Waals surface area contributed by atoms with E-state index in [1.807, 2.05) is 66.2 Å². The molecule has 3 aromatic rings. The van der Waals surface area contributed by atoms with Gasteiger partial charge in [-0.05, 0) is 24.6 Å². The number of imidazole rings is 1. The van der Waals surface area contributed by atoms with Crippen LogP contribution in [0.5, 0.6) is 0 Å². The predicted octanol–water partition coefficient (Wildman–Crippen LogP) is 2.50. The lowest BCUT2D eigenvalue weighted by Gasteiger charge is -2.03. The van der Waals surface area contributed by atoms with Crippen LogP contribution in [0.25, 0.3) is 5.65 Å². The zero-order valence-corrected chi connectivity index (χ0v) is 11.9. The van der Waals surface area contributed by atoms with Crippen molar-refractivity contribution >= 4 is 11.6 Å². The zero-order valence-electron chi connectivity index (χ0n) is 11.9. The normalized spacial score (nSPS) is 10.7. The van der Waals surface area contributed by atoms with Gasteiger partial charge in [0, 0.05) is 12.4 Å². The SMILES string of the molecule is Cc1ccc(CC(=O)NCc2cn3ccccc3n2)cc1. The van der Waals surface area contributed by atoms with Gasteiger partial charge in [0.25, 0.3) is 0 Å². The van der Waals surface area contributed by atoms with Crippen LogP contribution < -0.4 is 5.32 Å². The maximum absolute atomic E-state index is 11.9. The first-order valence-corrected chi connectivity index (χ1v) is 6.95. The van der Waals surface area contributed by atoms with E-state index in [1.165, 1.54) is 5.56 Å². The van der Waals surface area contributed by atoms with Crippen molar-refractivity contribution in [2.45, 2.75) is 19.9 Å². The first-order valence-electron chi connectivity index (χ1n) is 6.95. The molecule has 0 bridgehead atoms. The van der Waals surface area contributed by atoms with Gasteiger partial charge in [0.2, 0.25) is 5.91 Å². The van der Waals surface area contributed by atoms with E-state index >= 15 is 0 Å². The van der Waals surface area contributed by atoms with E-state index in [9.17, 15) is 4.79 Å². The predicted molar refractivity (Wildman–Crippen MR) is 81.9 cm³/mol. The molecule has 0 fully saturated rings. The van der Waals surface area contributed by atoms with Crippen molar-refractivity contribution in [3.8, 4) is 0 Å². The summed E-state index contributed by atoms with van der Waals surface area (Å²) in [6.07, 6.45) is 4.27. The third-order valence-electron chi connectivity index (χ3n) is 3.37. The Morgan fingerprint density at radius 3 is 2.76 bits per heavy atom. The number of hydrogen-bond acceptors (Lipinski definition) is 2. The third-order valence-corrected chi connectivity index (χ3v) is 3.37. The lowest BCUT2D eigenvalue weighted by Crippen LogP contribution is -2.24. The minimum Gasteiger partial charge on any atom is -0.350 e. The first-order chi connectivity index (χ1) is 10.2. The quantitative estimate of drug-likeness (QED) is 0.797.